The second-order valence-electron chi connectivity index (χ2n) is 3.06. The Hall–Kier alpha value is -1.21. The molecule has 0 radical (unpaired) electrons. The van der Waals surface area contributed by atoms with Crippen LogP contribution in [0.3, 0.4) is 0 Å². The third-order valence-corrected chi connectivity index (χ3v) is 1.79. The van der Waals surface area contributed by atoms with E-state index in [1.807, 2.05) is 0 Å². The molecule has 94 valence electrons. The predicted octanol–water partition coefficient (Wildman–Crippen LogP) is 3.15. The number of carboxylic acid groups (broad SMARTS) is 1. The minimum Gasteiger partial charge on any atom is -0.478 e. The van der Waals surface area contributed by atoms with Crippen LogP contribution in [-0.2, 0) is 4.79 Å². The van der Waals surface area contributed by atoms with Gasteiger partial charge in [-0.15, -0.1) is 0 Å². The summed E-state index contributed by atoms with van der Waals surface area (Å²) in [5.41, 5.74) is -0.557. The zero-order valence-electron chi connectivity index (χ0n) is 7.99. The number of carboxylic acids is 1. The molecule has 0 fully saturated rings. The number of halogens is 6. The third kappa shape index (κ3) is 4.54. The fourth-order valence-corrected chi connectivity index (χ4v) is 0.835. The lowest BCUT2D eigenvalue weighted by Gasteiger charge is -2.21. The van der Waals surface area contributed by atoms with Crippen LogP contribution < -0.4 is 0 Å². The maximum Gasteiger partial charge on any atom is 0.400 e. The fourth-order valence-electron chi connectivity index (χ4n) is 0.835. The highest BCUT2D eigenvalue weighted by atomic mass is 19.4. The second-order valence-corrected chi connectivity index (χ2v) is 3.06. The van der Waals surface area contributed by atoms with Crippen molar-refractivity contribution in [2.45, 2.75) is 25.7 Å². The number of carbonyl (C=O) groups is 1. The highest BCUT2D eigenvalue weighted by molar-refractivity contribution is 5.85. The van der Waals surface area contributed by atoms with Gasteiger partial charge in [-0.25, -0.2) is 4.79 Å². The Bertz CT molecular complexity index is 274. The molecule has 0 aliphatic rings. The first kappa shape index (κ1) is 14.8. The smallest absolute Gasteiger partial charge is 0.400 e. The van der Waals surface area contributed by atoms with Crippen molar-refractivity contribution in [3.63, 3.8) is 0 Å². The summed E-state index contributed by atoms with van der Waals surface area (Å²) in [7, 11) is 0. The highest BCUT2D eigenvalue weighted by Gasteiger charge is 2.55. The first-order valence-electron chi connectivity index (χ1n) is 3.99. The van der Waals surface area contributed by atoms with E-state index in [9.17, 15) is 31.1 Å². The summed E-state index contributed by atoms with van der Waals surface area (Å²) in [4.78, 5) is 10.2. The largest absolute Gasteiger partial charge is 0.478 e. The van der Waals surface area contributed by atoms with Crippen molar-refractivity contribution in [2.24, 2.45) is 5.92 Å². The molecule has 0 saturated carbocycles. The van der Waals surface area contributed by atoms with Crippen LogP contribution in [-0.4, -0.2) is 23.4 Å². The SMILES string of the molecule is CC(=CCC(C(F)(F)F)C(F)(F)F)C(=O)O. The number of aliphatic carboxylic acids is 1. The Morgan fingerprint density at radius 2 is 1.56 bits per heavy atom. The van der Waals surface area contributed by atoms with Gasteiger partial charge in [0.1, 0.15) is 0 Å². The van der Waals surface area contributed by atoms with Crippen molar-refractivity contribution >= 4 is 5.97 Å². The quantitative estimate of drug-likeness (QED) is 0.617. The van der Waals surface area contributed by atoms with Crippen LogP contribution in [0.1, 0.15) is 13.3 Å². The standard InChI is InChI=1S/C8H8F6O2/c1-4(6(15)16)2-3-5(7(9,10)11)8(12,13)14/h2,5H,3H2,1H3,(H,15,16). The Morgan fingerprint density at radius 1 is 1.19 bits per heavy atom. The van der Waals surface area contributed by atoms with Crippen LogP contribution in [0.15, 0.2) is 11.6 Å². The van der Waals surface area contributed by atoms with Crippen LogP contribution in [0.5, 0.6) is 0 Å². The average molecular weight is 250 g/mol. The van der Waals surface area contributed by atoms with Gasteiger partial charge in [0.2, 0.25) is 0 Å². The van der Waals surface area contributed by atoms with Gasteiger partial charge in [-0.05, 0) is 13.3 Å². The summed E-state index contributed by atoms with van der Waals surface area (Å²) < 4.78 is 71.8. The molecule has 0 aliphatic carbocycles. The monoisotopic (exact) mass is 250 g/mol. The molecule has 0 saturated heterocycles. The fraction of sp³-hybridized carbons (Fsp3) is 0.625. The number of hydrogen-bond acceptors (Lipinski definition) is 1. The molecule has 16 heavy (non-hydrogen) atoms. The molecule has 0 aromatic heterocycles. The maximum absolute atomic E-state index is 12.0. The Kier molecular flexibility index (Phi) is 4.39. The topological polar surface area (TPSA) is 37.3 Å². The van der Waals surface area contributed by atoms with Crippen LogP contribution in [0, 0.1) is 5.92 Å². The molecular formula is C8H8F6O2. The first-order valence-corrected chi connectivity index (χ1v) is 3.99. The molecule has 0 heterocycles. The first-order chi connectivity index (χ1) is 6.96. The van der Waals surface area contributed by atoms with E-state index >= 15 is 0 Å². The zero-order chi connectivity index (χ0) is 13.1. The van der Waals surface area contributed by atoms with Gasteiger partial charge in [0, 0.05) is 5.57 Å². The molecule has 0 aromatic rings. The van der Waals surface area contributed by atoms with Gasteiger partial charge in [-0.2, -0.15) is 26.3 Å². The minimum atomic E-state index is -5.44. The number of rotatable bonds is 3. The summed E-state index contributed by atoms with van der Waals surface area (Å²) in [6.45, 7) is 0.923. The second kappa shape index (κ2) is 4.75. The van der Waals surface area contributed by atoms with Gasteiger partial charge >= 0.3 is 18.3 Å². The Balaban J connectivity index is 4.86. The van der Waals surface area contributed by atoms with Crippen molar-refractivity contribution in [1.82, 2.24) is 0 Å². The molecule has 0 bridgehead atoms. The molecule has 0 unspecified atom stereocenters. The van der Waals surface area contributed by atoms with E-state index < -0.39 is 36.2 Å². The molecule has 2 nitrogen and oxygen atoms in total. The van der Waals surface area contributed by atoms with Gasteiger partial charge in [-0.3, -0.25) is 0 Å². The van der Waals surface area contributed by atoms with Gasteiger partial charge in [0.25, 0.3) is 0 Å². The van der Waals surface area contributed by atoms with E-state index in [2.05, 4.69) is 0 Å². The van der Waals surface area contributed by atoms with Crippen molar-refractivity contribution in [3.8, 4) is 0 Å². The number of alkyl halides is 6. The molecule has 0 spiro atoms. The van der Waals surface area contributed by atoms with Crippen molar-refractivity contribution in [2.75, 3.05) is 0 Å². The van der Waals surface area contributed by atoms with Gasteiger partial charge in [0.15, 0.2) is 5.92 Å². The normalized spacial score (nSPS) is 14.4. The summed E-state index contributed by atoms with van der Waals surface area (Å²) in [5.74, 6) is -5.09. The summed E-state index contributed by atoms with van der Waals surface area (Å²) in [5, 5.41) is 8.27. The van der Waals surface area contributed by atoms with E-state index in [1.54, 1.807) is 0 Å². The van der Waals surface area contributed by atoms with Crippen molar-refractivity contribution in [3.05, 3.63) is 11.6 Å². The number of hydrogen-bond donors (Lipinski definition) is 1. The summed E-state index contributed by atoms with van der Waals surface area (Å²) in [6.07, 6.45) is -11.9. The summed E-state index contributed by atoms with van der Waals surface area (Å²) >= 11 is 0. The molecule has 1 N–H and O–H groups in total. The lowest BCUT2D eigenvalue weighted by atomic mass is 10.0. The minimum absolute atomic E-state index is 0.411. The lowest BCUT2D eigenvalue weighted by Crippen LogP contribution is -2.36. The molecule has 0 amide bonds. The van der Waals surface area contributed by atoms with Crippen molar-refractivity contribution < 1.29 is 36.2 Å². The van der Waals surface area contributed by atoms with E-state index in [4.69, 9.17) is 5.11 Å². The van der Waals surface area contributed by atoms with E-state index in [-0.39, 0.29) is 0 Å². The molecule has 0 rings (SSSR count). The van der Waals surface area contributed by atoms with E-state index in [1.165, 1.54) is 0 Å². The van der Waals surface area contributed by atoms with Crippen LogP contribution in [0.4, 0.5) is 26.3 Å². The number of allylic oxidation sites excluding steroid dienone is 1. The third-order valence-electron chi connectivity index (χ3n) is 1.79. The van der Waals surface area contributed by atoms with Gasteiger partial charge in [0.05, 0.1) is 0 Å². The molecule has 8 heteroatoms. The Morgan fingerprint density at radius 3 is 1.81 bits per heavy atom. The Labute approximate surface area is 86.6 Å². The molecular weight excluding hydrogens is 242 g/mol. The van der Waals surface area contributed by atoms with Crippen LogP contribution >= 0.6 is 0 Å². The molecule has 0 atom stereocenters. The van der Waals surface area contributed by atoms with Gasteiger partial charge < -0.3 is 5.11 Å². The molecule has 0 aliphatic heterocycles. The van der Waals surface area contributed by atoms with Crippen LogP contribution in [0.2, 0.25) is 0 Å². The average Bonchev–Trinajstić information content (AvgIpc) is 1.98. The van der Waals surface area contributed by atoms with E-state index in [0.29, 0.717) is 6.08 Å². The summed E-state index contributed by atoms with van der Waals surface area (Å²) in [6, 6.07) is 0. The van der Waals surface area contributed by atoms with Gasteiger partial charge in [-0.1, -0.05) is 6.08 Å². The van der Waals surface area contributed by atoms with E-state index in [0.717, 1.165) is 6.92 Å². The maximum atomic E-state index is 12.0. The predicted molar refractivity (Wildman–Crippen MR) is 41.6 cm³/mol. The van der Waals surface area contributed by atoms with Crippen LogP contribution in [0.25, 0.3) is 0 Å². The van der Waals surface area contributed by atoms with Crippen molar-refractivity contribution in [1.29, 1.82) is 0 Å². The lowest BCUT2D eigenvalue weighted by molar-refractivity contribution is -0.282. The zero-order valence-corrected chi connectivity index (χ0v) is 7.99. The molecule has 0 aromatic carbocycles. The highest BCUT2D eigenvalue weighted by Crippen LogP contribution is 2.41.